The summed E-state index contributed by atoms with van der Waals surface area (Å²) in [4.78, 5) is 0.0503. The van der Waals surface area contributed by atoms with E-state index in [0.717, 1.165) is 13.0 Å². The van der Waals surface area contributed by atoms with E-state index in [-0.39, 0.29) is 10.9 Å². The van der Waals surface area contributed by atoms with Crippen molar-refractivity contribution >= 4 is 27.3 Å². The maximum Gasteiger partial charge on any atom is 0.238 e. The molecule has 1 aromatic carbocycles. The minimum absolute atomic E-state index is 0.0503. The minimum Gasteiger partial charge on any atom is -0.381 e. The summed E-state index contributed by atoms with van der Waals surface area (Å²) in [5.74, 6) is 0.397. The lowest BCUT2D eigenvalue weighted by molar-refractivity contribution is 0.183. The zero-order valence-corrected chi connectivity index (χ0v) is 12.2. The third kappa shape index (κ3) is 3.60. The normalized spacial score (nSPS) is 21.3. The fourth-order valence-corrected chi connectivity index (χ4v) is 2.81. The number of primary sulfonamides is 1. The van der Waals surface area contributed by atoms with E-state index in [1.54, 1.807) is 0 Å². The Morgan fingerprint density at radius 2 is 2.26 bits per heavy atom. The first kappa shape index (κ1) is 14.6. The van der Waals surface area contributed by atoms with Crippen LogP contribution in [0.3, 0.4) is 0 Å². The van der Waals surface area contributed by atoms with Crippen molar-refractivity contribution in [2.45, 2.75) is 24.3 Å². The van der Waals surface area contributed by atoms with E-state index in [2.05, 4.69) is 5.32 Å². The smallest absolute Gasteiger partial charge is 0.238 e. The van der Waals surface area contributed by atoms with Gasteiger partial charge in [0.15, 0.2) is 0 Å². The van der Waals surface area contributed by atoms with Gasteiger partial charge in [0.05, 0.1) is 22.2 Å². The van der Waals surface area contributed by atoms with Crippen molar-refractivity contribution in [1.82, 2.24) is 0 Å². The largest absolute Gasteiger partial charge is 0.381 e. The summed E-state index contributed by atoms with van der Waals surface area (Å²) < 4.78 is 28.0. The van der Waals surface area contributed by atoms with Crippen molar-refractivity contribution in [3.05, 3.63) is 23.2 Å². The highest BCUT2D eigenvalue weighted by Gasteiger charge is 2.23. The fourth-order valence-electron chi connectivity index (χ4n) is 2.10. The first-order valence-corrected chi connectivity index (χ1v) is 7.97. The number of anilines is 1. The predicted octanol–water partition coefficient (Wildman–Crippen LogP) is 1.82. The van der Waals surface area contributed by atoms with E-state index in [4.69, 9.17) is 21.5 Å². The Hall–Kier alpha value is -0.820. The lowest BCUT2D eigenvalue weighted by Gasteiger charge is -2.21. The molecule has 0 spiro atoms. The van der Waals surface area contributed by atoms with Gasteiger partial charge in [0.2, 0.25) is 10.0 Å². The first-order chi connectivity index (χ1) is 8.88. The van der Waals surface area contributed by atoms with Crippen molar-refractivity contribution in [1.29, 1.82) is 0 Å². The van der Waals surface area contributed by atoms with Crippen LogP contribution in [0.2, 0.25) is 5.02 Å². The van der Waals surface area contributed by atoms with Crippen LogP contribution in [0.15, 0.2) is 23.1 Å². The van der Waals surface area contributed by atoms with Gasteiger partial charge in [-0.3, -0.25) is 0 Å². The molecule has 7 heteroatoms. The molecular formula is C12H17ClN2O3S. The van der Waals surface area contributed by atoms with Crippen LogP contribution >= 0.6 is 11.6 Å². The van der Waals surface area contributed by atoms with E-state index >= 15 is 0 Å². The molecule has 1 heterocycles. The molecule has 0 amide bonds. The van der Waals surface area contributed by atoms with Gasteiger partial charge >= 0.3 is 0 Å². The Morgan fingerprint density at radius 3 is 2.84 bits per heavy atom. The van der Waals surface area contributed by atoms with Gasteiger partial charge in [0, 0.05) is 18.6 Å². The number of hydrogen-bond donors (Lipinski definition) is 2. The molecule has 2 rings (SSSR count). The van der Waals surface area contributed by atoms with Gasteiger partial charge in [0.1, 0.15) is 0 Å². The third-order valence-electron chi connectivity index (χ3n) is 3.32. The molecule has 3 N–H and O–H groups in total. The molecule has 0 saturated carbocycles. The van der Waals surface area contributed by atoms with Crippen LogP contribution in [0.4, 0.5) is 5.69 Å². The molecule has 106 valence electrons. The van der Waals surface area contributed by atoms with Crippen molar-refractivity contribution in [2.24, 2.45) is 11.1 Å². The average molecular weight is 305 g/mol. The molecule has 1 aromatic rings. The highest BCUT2D eigenvalue weighted by atomic mass is 35.5. The van der Waals surface area contributed by atoms with Gasteiger partial charge in [-0.2, -0.15) is 0 Å². The molecule has 19 heavy (non-hydrogen) atoms. The van der Waals surface area contributed by atoms with Crippen molar-refractivity contribution in [3.8, 4) is 0 Å². The highest BCUT2D eigenvalue weighted by molar-refractivity contribution is 7.89. The topological polar surface area (TPSA) is 81.4 Å². The zero-order valence-electron chi connectivity index (χ0n) is 10.6. The number of nitrogens with two attached hydrogens (primary N) is 1. The Morgan fingerprint density at radius 1 is 1.53 bits per heavy atom. The van der Waals surface area contributed by atoms with E-state index in [0.29, 0.717) is 23.2 Å². The van der Waals surface area contributed by atoms with Crippen LogP contribution in [0.25, 0.3) is 0 Å². The van der Waals surface area contributed by atoms with Crippen LogP contribution in [-0.4, -0.2) is 27.7 Å². The van der Waals surface area contributed by atoms with Crippen molar-refractivity contribution in [2.75, 3.05) is 18.5 Å². The van der Waals surface area contributed by atoms with E-state index in [9.17, 15) is 8.42 Å². The highest BCUT2D eigenvalue weighted by Crippen LogP contribution is 2.27. The van der Waals surface area contributed by atoms with Crippen LogP contribution in [0.1, 0.15) is 13.3 Å². The molecule has 0 aliphatic carbocycles. The molecule has 2 atom stereocenters. The lowest BCUT2D eigenvalue weighted by Crippen LogP contribution is -2.26. The fraction of sp³-hybridized carbons (Fsp3) is 0.500. The average Bonchev–Trinajstić information content (AvgIpc) is 2.84. The Bertz CT molecular complexity index is 556. The standard InChI is InChI=1S/C12H17ClN2O3S/c1-8(9-4-5-18-7-9)15-12-6-10(19(14,16)17)2-3-11(12)13/h2-3,6,8-9,15H,4-5,7H2,1H3,(H2,14,16,17). The molecule has 1 fully saturated rings. The second kappa shape index (κ2) is 5.66. The number of sulfonamides is 1. The molecule has 0 bridgehead atoms. The second-order valence-corrected chi connectivity index (χ2v) is 6.71. The molecule has 0 aromatic heterocycles. The third-order valence-corrected chi connectivity index (χ3v) is 4.56. The van der Waals surface area contributed by atoms with Gasteiger partial charge in [-0.25, -0.2) is 13.6 Å². The summed E-state index contributed by atoms with van der Waals surface area (Å²) >= 11 is 6.07. The minimum atomic E-state index is -3.72. The van der Waals surface area contributed by atoms with Crippen LogP contribution < -0.4 is 10.5 Å². The number of ether oxygens (including phenoxy) is 1. The monoisotopic (exact) mass is 304 g/mol. The predicted molar refractivity (Wildman–Crippen MR) is 74.8 cm³/mol. The van der Waals surface area contributed by atoms with E-state index < -0.39 is 10.0 Å². The zero-order chi connectivity index (χ0) is 14.0. The number of rotatable bonds is 4. The second-order valence-electron chi connectivity index (χ2n) is 4.74. The van der Waals surface area contributed by atoms with Crippen LogP contribution in [-0.2, 0) is 14.8 Å². The summed E-state index contributed by atoms with van der Waals surface area (Å²) in [7, 11) is -3.72. The van der Waals surface area contributed by atoms with Gasteiger partial charge < -0.3 is 10.1 Å². The number of benzene rings is 1. The summed E-state index contributed by atoms with van der Waals surface area (Å²) in [5, 5.41) is 8.81. The Kier molecular flexibility index (Phi) is 4.35. The summed E-state index contributed by atoms with van der Waals surface area (Å²) in [6.45, 7) is 3.50. The first-order valence-electron chi connectivity index (χ1n) is 6.04. The molecule has 1 saturated heterocycles. The summed E-state index contributed by atoms with van der Waals surface area (Å²) in [5.41, 5.74) is 0.576. The van der Waals surface area contributed by atoms with Gasteiger partial charge in [-0.15, -0.1) is 0 Å². The van der Waals surface area contributed by atoms with Crippen LogP contribution in [0.5, 0.6) is 0 Å². The number of halogens is 1. The molecule has 2 unspecified atom stereocenters. The van der Waals surface area contributed by atoms with Gasteiger partial charge in [-0.1, -0.05) is 11.6 Å². The molecule has 5 nitrogen and oxygen atoms in total. The Labute approximate surface area is 118 Å². The molecule has 0 radical (unpaired) electrons. The van der Waals surface area contributed by atoms with Gasteiger partial charge in [-0.05, 0) is 31.5 Å². The number of hydrogen-bond acceptors (Lipinski definition) is 4. The van der Waals surface area contributed by atoms with E-state index in [1.165, 1.54) is 18.2 Å². The Balaban J connectivity index is 2.19. The quantitative estimate of drug-likeness (QED) is 0.889. The molecule has 1 aliphatic heterocycles. The summed E-state index contributed by atoms with van der Waals surface area (Å²) in [6, 6.07) is 4.54. The maximum atomic E-state index is 11.3. The van der Waals surface area contributed by atoms with Crippen LogP contribution in [0, 0.1) is 5.92 Å². The number of nitrogens with one attached hydrogen (secondary N) is 1. The summed E-state index contributed by atoms with van der Waals surface area (Å²) in [6.07, 6.45) is 0.987. The van der Waals surface area contributed by atoms with Gasteiger partial charge in [0.25, 0.3) is 0 Å². The van der Waals surface area contributed by atoms with Crippen molar-refractivity contribution < 1.29 is 13.2 Å². The lowest BCUT2D eigenvalue weighted by atomic mass is 10.0. The maximum absolute atomic E-state index is 11.3. The SMILES string of the molecule is CC(Nc1cc(S(N)(=O)=O)ccc1Cl)C1CCOC1. The van der Waals surface area contributed by atoms with E-state index in [1.807, 2.05) is 6.92 Å². The molecule has 1 aliphatic rings. The van der Waals surface area contributed by atoms with Crippen molar-refractivity contribution in [3.63, 3.8) is 0 Å². The molecular weight excluding hydrogens is 288 g/mol.